The SMILES string of the molecule is CCNS(=O)(=O)c1ccccc1NC1CCCSC1. The normalized spacial score (nSPS) is 20.2. The topological polar surface area (TPSA) is 58.2 Å². The number of hydrogen-bond donors (Lipinski definition) is 2. The van der Waals surface area contributed by atoms with Gasteiger partial charge in [0.15, 0.2) is 0 Å². The first-order valence-corrected chi connectivity index (χ1v) is 9.20. The number of para-hydroxylation sites is 1. The van der Waals surface area contributed by atoms with Crippen LogP contribution in [-0.2, 0) is 10.0 Å². The van der Waals surface area contributed by atoms with Gasteiger partial charge in [-0.3, -0.25) is 0 Å². The molecule has 2 rings (SSSR count). The second-order valence-electron chi connectivity index (χ2n) is 4.56. The summed E-state index contributed by atoms with van der Waals surface area (Å²) in [6.45, 7) is 2.18. The Bertz CT molecular complexity index is 511. The monoisotopic (exact) mass is 300 g/mol. The van der Waals surface area contributed by atoms with Crippen LogP contribution in [0.15, 0.2) is 29.2 Å². The summed E-state index contributed by atoms with van der Waals surface area (Å²) in [5.74, 6) is 2.24. The van der Waals surface area contributed by atoms with Crippen LogP contribution in [0.5, 0.6) is 0 Å². The molecule has 19 heavy (non-hydrogen) atoms. The van der Waals surface area contributed by atoms with Crippen LogP contribution in [0, 0.1) is 0 Å². The number of nitrogens with one attached hydrogen (secondary N) is 2. The lowest BCUT2D eigenvalue weighted by atomic mass is 10.1. The maximum Gasteiger partial charge on any atom is 0.242 e. The lowest BCUT2D eigenvalue weighted by Crippen LogP contribution is -2.28. The minimum atomic E-state index is -3.41. The third-order valence-electron chi connectivity index (χ3n) is 3.03. The summed E-state index contributed by atoms with van der Waals surface area (Å²) in [4.78, 5) is 0.340. The number of rotatable bonds is 5. The molecule has 1 aliphatic rings. The third-order valence-corrected chi connectivity index (χ3v) is 5.85. The fraction of sp³-hybridized carbons (Fsp3) is 0.538. The van der Waals surface area contributed by atoms with Crippen LogP contribution in [0.2, 0.25) is 0 Å². The van der Waals surface area contributed by atoms with E-state index in [0.29, 0.717) is 23.2 Å². The van der Waals surface area contributed by atoms with Crippen molar-refractivity contribution in [3.05, 3.63) is 24.3 Å². The molecule has 0 amide bonds. The molecular formula is C13H20N2O2S2. The van der Waals surface area contributed by atoms with Crippen molar-refractivity contribution in [2.75, 3.05) is 23.4 Å². The van der Waals surface area contributed by atoms with Crippen LogP contribution >= 0.6 is 11.8 Å². The highest BCUT2D eigenvalue weighted by Crippen LogP contribution is 2.25. The summed E-state index contributed by atoms with van der Waals surface area (Å²) in [7, 11) is -3.41. The predicted molar refractivity (Wildman–Crippen MR) is 81.3 cm³/mol. The highest BCUT2D eigenvalue weighted by molar-refractivity contribution is 7.99. The molecule has 0 radical (unpaired) electrons. The van der Waals surface area contributed by atoms with Gasteiger partial charge in [-0.15, -0.1) is 0 Å². The number of hydrogen-bond acceptors (Lipinski definition) is 4. The van der Waals surface area contributed by atoms with E-state index in [-0.39, 0.29) is 0 Å². The van der Waals surface area contributed by atoms with Crippen LogP contribution in [0.1, 0.15) is 19.8 Å². The van der Waals surface area contributed by atoms with E-state index in [4.69, 9.17) is 0 Å². The maximum atomic E-state index is 12.1. The molecule has 1 aromatic rings. The standard InChI is InChI=1S/C13H20N2O2S2/c1-2-14-19(16,17)13-8-4-3-7-12(13)15-11-6-5-9-18-10-11/h3-4,7-8,11,14-15H,2,5-6,9-10H2,1H3. The summed E-state index contributed by atoms with van der Waals surface area (Å²) in [5.41, 5.74) is 0.705. The second-order valence-corrected chi connectivity index (χ2v) is 7.44. The Morgan fingerprint density at radius 3 is 2.84 bits per heavy atom. The van der Waals surface area contributed by atoms with Gasteiger partial charge >= 0.3 is 0 Å². The Hall–Kier alpha value is -0.720. The van der Waals surface area contributed by atoms with Gasteiger partial charge in [0, 0.05) is 18.3 Å². The minimum absolute atomic E-state index is 0.340. The fourth-order valence-corrected chi connectivity index (χ4v) is 4.44. The first-order valence-electron chi connectivity index (χ1n) is 6.56. The lowest BCUT2D eigenvalue weighted by molar-refractivity contribution is 0.584. The van der Waals surface area contributed by atoms with Crippen molar-refractivity contribution in [3.63, 3.8) is 0 Å². The summed E-state index contributed by atoms with van der Waals surface area (Å²) in [6.07, 6.45) is 2.28. The van der Waals surface area contributed by atoms with E-state index in [2.05, 4.69) is 10.0 Å². The largest absolute Gasteiger partial charge is 0.380 e. The van der Waals surface area contributed by atoms with Crippen LogP contribution < -0.4 is 10.0 Å². The summed E-state index contributed by atoms with van der Waals surface area (Å²) >= 11 is 1.92. The molecule has 1 atom stereocenters. The highest BCUT2D eigenvalue weighted by atomic mass is 32.2. The zero-order valence-corrected chi connectivity index (χ0v) is 12.7. The molecule has 1 unspecified atom stereocenters. The fourth-order valence-electron chi connectivity index (χ4n) is 2.16. The predicted octanol–water partition coefficient (Wildman–Crippen LogP) is 2.29. The Morgan fingerprint density at radius 2 is 2.16 bits per heavy atom. The van der Waals surface area contributed by atoms with Gasteiger partial charge in [0.05, 0.1) is 5.69 Å². The lowest BCUT2D eigenvalue weighted by Gasteiger charge is -2.24. The van der Waals surface area contributed by atoms with Crippen molar-refractivity contribution in [2.45, 2.75) is 30.7 Å². The Labute approximate surface area is 119 Å². The average Bonchev–Trinajstić information content (AvgIpc) is 2.40. The molecule has 0 spiro atoms. The van der Waals surface area contributed by atoms with Crippen molar-refractivity contribution in [1.82, 2.24) is 4.72 Å². The average molecular weight is 300 g/mol. The second kappa shape index (κ2) is 6.63. The number of thioether (sulfide) groups is 1. The van der Waals surface area contributed by atoms with Crippen LogP contribution in [0.25, 0.3) is 0 Å². The van der Waals surface area contributed by atoms with Gasteiger partial charge in [-0.05, 0) is 30.7 Å². The van der Waals surface area contributed by atoms with Gasteiger partial charge in [-0.25, -0.2) is 13.1 Å². The van der Waals surface area contributed by atoms with Crippen molar-refractivity contribution in [3.8, 4) is 0 Å². The first kappa shape index (κ1) is 14.7. The quantitative estimate of drug-likeness (QED) is 0.876. The van der Waals surface area contributed by atoms with E-state index in [1.54, 1.807) is 19.1 Å². The van der Waals surface area contributed by atoms with Gasteiger partial charge in [0.1, 0.15) is 4.90 Å². The molecule has 1 fully saturated rings. The molecule has 2 N–H and O–H groups in total. The van der Waals surface area contributed by atoms with Gasteiger partial charge in [-0.2, -0.15) is 11.8 Å². The molecule has 4 nitrogen and oxygen atoms in total. The van der Waals surface area contributed by atoms with Crippen molar-refractivity contribution in [1.29, 1.82) is 0 Å². The maximum absolute atomic E-state index is 12.1. The van der Waals surface area contributed by atoms with E-state index < -0.39 is 10.0 Å². The van der Waals surface area contributed by atoms with Crippen molar-refractivity contribution < 1.29 is 8.42 Å². The molecule has 6 heteroatoms. The van der Waals surface area contributed by atoms with E-state index >= 15 is 0 Å². The minimum Gasteiger partial charge on any atom is -0.380 e. The molecule has 1 saturated heterocycles. The number of anilines is 1. The van der Waals surface area contributed by atoms with E-state index in [9.17, 15) is 8.42 Å². The first-order chi connectivity index (χ1) is 9.13. The smallest absolute Gasteiger partial charge is 0.242 e. The molecule has 106 valence electrons. The number of sulfonamides is 1. The number of benzene rings is 1. The third kappa shape index (κ3) is 3.87. The Balaban J connectivity index is 2.20. The molecule has 1 aromatic carbocycles. The Kier molecular flexibility index (Phi) is 5.13. The molecular weight excluding hydrogens is 280 g/mol. The summed E-state index contributed by atoms with van der Waals surface area (Å²) in [6, 6.07) is 7.46. The molecule has 0 bridgehead atoms. The van der Waals surface area contributed by atoms with Gasteiger partial charge in [0.25, 0.3) is 0 Å². The van der Waals surface area contributed by atoms with E-state index in [0.717, 1.165) is 12.2 Å². The Morgan fingerprint density at radius 1 is 1.37 bits per heavy atom. The van der Waals surface area contributed by atoms with E-state index in [1.165, 1.54) is 12.2 Å². The highest BCUT2D eigenvalue weighted by Gasteiger charge is 2.20. The zero-order chi connectivity index (χ0) is 13.7. The van der Waals surface area contributed by atoms with Crippen LogP contribution in [0.3, 0.4) is 0 Å². The zero-order valence-electron chi connectivity index (χ0n) is 11.1. The van der Waals surface area contributed by atoms with Crippen molar-refractivity contribution in [2.24, 2.45) is 0 Å². The van der Waals surface area contributed by atoms with Crippen LogP contribution in [0.4, 0.5) is 5.69 Å². The van der Waals surface area contributed by atoms with Gasteiger partial charge in [0.2, 0.25) is 10.0 Å². The molecule has 1 heterocycles. The molecule has 1 aliphatic heterocycles. The van der Waals surface area contributed by atoms with E-state index in [1.807, 2.05) is 23.9 Å². The van der Waals surface area contributed by atoms with Gasteiger partial charge in [-0.1, -0.05) is 19.1 Å². The van der Waals surface area contributed by atoms with Gasteiger partial charge < -0.3 is 5.32 Å². The summed E-state index contributed by atoms with van der Waals surface area (Å²) in [5, 5.41) is 3.37. The van der Waals surface area contributed by atoms with Crippen LogP contribution in [-0.4, -0.2) is 32.5 Å². The van der Waals surface area contributed by atoms with Crippen molar-refractivity contribution >= 4 is 27.5 Å². The molecule has 0 saturated carbocycles. The molecule has 0 aromatic heterocycles. The summed E-state index contributed by atoms with van der Waals surface area (Å²) < 4.78 is 26.8. The molecule has 0 aliphatic carbocycles.